The standard InChI is InChI=1S/C11H17F3N2O3/c1-7(15)2-3-8(17)16-5-4-10(6-16,9(18)19)11(12,13)14/h7H,2-6,15H2,1H3,(H,18,19). The van der Waals surface area contributed by atoms with Crippen LogP contribution in [-0.4, -0.2) is 47.2 Å². The fourth-order valence-electron chi connectivity index (χ4n) is 2.06. The highest BCUT2D eigenvalue weighted by atomic mass is 19.4. The maximum absolute atomic E-state index is 12.9. The molecule has 1 rings (SSSR count). The first-order valence-corrected chi connectivity index (χ1v) is 5.93. The minimum atomic E-state index is -4.87. The van der Waals surface area contributed by atoms with Crippen LogP contribution in [0.2, 0.25) is 0 Å². The number of rotatable bonds is 4. The second-order valence-electron chi connectivity index (χ2n) is 4.97. The third-order valence-corrected chi connectivity index (χ3v) is 3.39. The maximum Gasteiger partial charge on any atom is 0.406 e. The average molecular weight is 282 g/mol. The number of alkyl halides is 3. The Morgan fingerprint density at radius 2 is 2.05 bits per heavy atom. The van der Waals surface area contributed by atoms with Crippen molar-refractivity contribution in [2.45, 2.75) is 38.4 Å². The number of nitrogens with zero attached hydrogens (tertiary/aromatic N) is 1. The quantitative estimate of drug-likeness (QED) is 0.805. The molecule has 2 atom stereocenters. The smallest absolute Gasteiger partial charge is 0.406 e. The van der Waals surface area contributed by atoms with Crippen LogP contribution in [0.3, 0.4) is 0 Å². The van der Waals surface area contributed by atoms with E-state index in [4.69, 9.17) is 10.8 Å². The Kier molecular flexibility index (Phi) is 4.44. The molecule has 3 N–H and O–H groups in total. The summed E-state index contributed by atoms with van der Waals surface area (Å²) in [6, 6.07) is -0.224. The van der Waals surface area contributed by atoms with E-state index in [0.717, 1.165) is 4.90 Å². The van der Waals surface area contributed by atoms with Gasteiger partial charge in [-0.15, -0.1) is 0 Å². The first-order chi connectivity index (χ1) is 8.60. The first-order valence-electron chi connectivity index (χ1n) is 5.93. The van der Waals surface area contributed by atoms with E-state index in [1.165, 1.54) is 0 Å². The Labute approximate surface area is 108 Å². The van der Waals surface area contributed by atoms with E-state index in [1.54, 1.807) is 6.92 Å². The fourth-order valence-corrected chi connectivity index (χ4v) is 2.06. The fraction of sp³-hybridized carbons (Fsp3) is 0.818. The zero-order valence-corrected chi connectivity index (χ0v) is 10.5. The Hall–Kier alpha value is -1.31. The minimum Gasteiger partial charge on any atom is -0.481 e. The van der Waals surface area contributed by atoms with Gasteiger partial charge in [0.15, 0.2) is 5.41 Å². The van der Waals surface area contributed by atoms with Crippen LogP contribution in [0.4, 0.5) is 13.2 Å². The predicted octanol–water partition coefficient (Wildman–Crippen LogP) is 0.979. The predicted molar refractivity (Wildman–Crippen MR) is 60.2 cm³/mol. The number of halogens is 3. The van der Waals surface area contributed by atoms with E-state index in [0.29, 0.717) is 6.42 Å². The monoisotopic (exact) mass is 282 g/mol. The highest BCUT2D eigenvalue weighted by Gasteiger charge is 2.64. The molecule has 0 bridgehead atoms. The summed E-state index contributed by atoms with van der Waals surface area (Å²) in [5.74, 6) is -2.41. The van der Waals surface area contributed by atoms with Gasteiger partial charge in [0.2, 0.25) is 5.91 Å². The van der Waals surface area contributed by atoms with Crippen molar-refractivity contribution in [2.24, 2.45) is 11.1 Å². The molecule has 0 aromatic heterocycles. The van der Waals surface area contributed by atoms with Crippen LogP contribution in [0.5, 0.6) is 0 Å². The lowest BCUT2D eigenvalue weighted by Crippen LogP contribution is -2.47. The zero-order valence-electron chi connectivity index (χ0n) is 10.5. The van der Waals surface area contributed by atoms with Crippen LogP contribution < -0.4 is 5.73 Å². The second kappa shape index (κ2) is 5.36. The number of carbonyl (C=O) groups excluding carboxylic acids is 1. The number of aliphatic carboxylic acids is 1. The molecule has 0 saturated carbocycles. The molecule has 0 aromatic rings. The topological polar surface area (TPSA) is 83.6 Å². The molecule has 1 aliphatic rings. The SMILES string of the molecule is CC(N)CCC(=O)N1CCC(C(=O)O)(C(F)(F)F)C1. The van der Waals surface area contributed by atoms with E-state index in [1.807, 2.05) is 0 Å². The number of carbonyl (C=O) groups is 2. The number of carboxylic acid groups (broad SMARTS) is 1. The Bertz CT molecular complexity index is 371. The first kappa shape index (κ1) is 15.7. The van der Waals surface area contributed by atoms with E-state index < -0.39 is 36.4 Å². The Morgan fingerprint density at radius 1 is 1.47 bits per heavy atom. The van der Waals surface area contributed by atoms with Gasteiger partial charge in [-0.2, -0.15) is 13.2 Å². The van der Waals surface area contributed by atoms with Crippen molar-refractivity contribution in [3.05, 3.63) is 0 Å². The zero-order chi connectivity index (χ0) is 14.8. The third-order valence-electron chi connectivity index (χ3n) is 3.39. The van der Waals surface area contributed by atoms with Crippen LogP contribution in [0.15, 0.2) is 0 Å². The molecular weight excluding hydrogens is 265 g/mol. The van der Waals surface area contributed by atoms with E-state index >= 15 is 0 Å². The maximum atomic E-state index is 12.9. The normalized spacial score (nSPS) is 25.4. The van der Waals surface area contributed by atoms with Crippen LogP contribution in [0.25, 0.3) is 0 Å². The molecule has 1 heterocycles. The van der Waals surface area contributed by atoms with E-state index in [9.17, 15) is 22.8 Å². The number of hydrogen-bond acceptors (Lipinski definition) is 3. The summed E-state index contributed by atoms with van der Waals surface area (Å²) in [7, 11) is 0. The molecule has 0 aromatic carbocycles. The van der Waals surface area contributed by atoms with Crippen molar-refractivity contribution >= 4 is 11.9 Å². The Morgan fingerprint density at radius 3 is 2.42 bits per heavy atom. The number of likely N-dealkylation sites (tertiary alicyclic amines) is 1. The van der Waals surface area contributed by atoms with Crippen molar-refractivity contribution in [3.8, 4) is 0 Å². The van der Waals surface area contributed by atoms with Crippen molar-refractivity contribution < 1.29 is 27.9 Å². The Balaban J connectivity index is 2.75. The summed E-state index contributed by atoms with van der Waals surface area (Å²) in [5.41, 5.74) is 2.63. The van der Waals surface area contributed by atoms with Gasteiger partial charge in [0.25, 0.3) is 0 Å². The van der Waals surface area contributed by atoms with Crippen LogP contribution in [0.1, 0.15) is 26.2 Å². The average Bonchev–Trinajstić information content (AvgIpc) is 2.71. The lowest BCUT2D eigenvalue weighted by molar-refractivity contribution is -0.227. The summed E-state index contributed by atoms with van der Waals surface area (Å²) in [5, 5.41) is 8.84. The molecule has 2 unspecified atom stereocenters. The molecule has 1 saturated heterocycles. The van der Waals surface area contributed by atoms with Gasteiger partial charge >= 0.3 is 12.1 Å². The number of amides is 1. The van der Waals surface area contributed by atoms with E-state index in [2.05, 4.69) is 0 Å². The van der Waals surface area contributed by atoms with Crippen molar-refractivity contribution in [3.63, 3.8) is 0 Å². The summed E-state index contributed by atoms with van der Waals surface area (Å²) in [6.45, 7) is 0.682. The molecule has 0 spiro atoms. The van der Waals surface area contributed by atoms with Gasteiger partial charge in [-0.05, 0) is 19.8 Å². The molecular formula is C11H17F3N2O3. The number of nitrogens with two attached hydrogens (primary N) is 1. The largest absolute Gasteiger partial charge is 0.481 e. The summed E-state index contributed by atoms with van der Waals surface area (Å²) in [4.78, 5) is 23.6. The summed E-state index contributed by atoms with van der Waals surface area (Å²) in [6.07, 6.45) is -5.07. The second-order valence-corrected chi connectivity index (χ2v) is 4.97. The third kappa shape index (κ3) is 3.17. The minimum absolute atomic E-state index is 0.0330. The van der Waals surface area contributed by atoms with Gasteiger partial charge in [0, 0.05) is 25.6 Å². The van der Waals surface area contributed by atoms with Crippen LogP contribution in [0, 0.1) is 5.41 Å². The van der Waals surface area contributed by atoms with Gasteiger partial charge < -0.3 is 15.7 Å². The van der Waals surface area contributed by atoms with Gasteiger partial charge in [-0.25, -0.2) is 0 Å². The molecule has 1 amide bonds. The van der Waals surface area contributed by atoms with Crippen LogP contribution >= 0.6 is 0 Å². The van der Waals surface area contributed by atoms with Gasteiger partial charge in [0.1, 0.15) is 0 Å². The lowest BCUT2D eigenvalue weighted by Gasteiger charge is -2.27. The van der Waals surface area contributed by atoms with E-state index in [-0.39, 0.29) is 19.0 Å². The molecule has 1 aliphatic heterocycles. The van der Waals surface area contributed by atoms with Crippen molar-refractivity contribution in [2.75, 3.05) is 13.1 Å². The van der Waals surface area contributed by atoms with Gasteiger partial charge in [0.05, 0.1) is 0 Å². The highest BCUT2D eigenvalue weighted by Crippen LogP contribution is 2.45. The van der Waals surface area contributed by atoms with Gasteiger partial charge in [-0.3, -0.25) is 9.59 Å². The molecule has 8 heteroatoms. The summed E-state index contributed by atoms with van der Waals surface area (Å²) < 4.78 is 38.6. The molecule has 110 valence electrons. The highest BCUT2D eigenvalue weighted by molar-refractivity contribution is 5.81. The van der Waals surface area contributed by atoms with Crippen LogP contribution in [-0.2, 0) is 9.59 Å². The summed E-state index contributed by atoms with van der Waals surface area (Å²) >= 11 is 0. The molecule has 19 heavy (non-hydrogen) atoms. The van der Waals surface area contributed by atoms with Gasteiger partial charge in [-0.1, -0.05) is 0 Å². The number of hydrogen-bond donors (Lipinski definition) is 2. The molecule has 1 fully saturated rings. The van der Waals surface area contributed by atoms with Crippen molar-refractivity contribution in [1.82, 2.24) is 4.90 Å². The molecule has 0 aliphatic carbocycles. The number of carboxylic acids is 1. The lowest BCUT2D eigenvalue weighted by atomic mass is 9.86. The molecule has 0 radical (unpaired) electrons. The molecule has 5 nitrogen and oxygen atoms in total. The van der Waals surface area contributed by atoms with Crippen molar-refractivity contribution in [1.29, 1.82) is 0 Å².